The summed E-state index contributed by atoms with van der Waals surface area (Å²) in [6.45, 7) is 4.70. The maximum atomic E-state index is 14.1. The summed E-state index contributed by atoms with van der Waals surface area (Å²) in [5.74, 6) is 1.76. The summed E-state index contributed by atoms with van der Waals surface area (Å²) in [5.41, 5.74) is 1.11. The van der Waals surface area contributed by atoms with E-state index in [1.54, 1.807) is 24.3 Å². The smallest absolute Gasteiger partial charge is 0.296 e. The lowest BCUT2D eigenvalue weighted by atomic mass is 9.85. The van der Waals surface area contributed by atoms with Crippen LogP contribution in [0.5, 0.6) is 0 Å². The van der Waals surface area contributed by atoms with Crippen LogP contribution >= 0.6 is 0 Å². The zero-order chi connectivity index (χ0) is 25.2. The highest BCUT2D eigenvalue weighted by Gasteiger charge is 2.26. The van der Waals surface area contributed by atoms with E-state index in [1.165, 1.54) is 17.4 Å². The minimum absolute atomic E-state index is 0.116. The molecule has 1 saturated carbocycles. The summed E-state index contributed by atoms with van der Waals surface area (Å²) in [6.07, 6.45) is 1.90. The van der Waals surface area contributed by atoms with Crippen molar-refractivity contribution >= 4 is 22.8 Å². The van der Waals surface area contributed by atoms with E-state index in [4.69, 9.17) is 14.7 Å². The molecule has 0 spiro atoms. The van der Waals surface area contributed by atoms with Gasteiger partial charge < -0.3 is 19.9 Å². The molecule has 1 aliphatic carbocycles. The molecule has 8 nitrogen and oxygen atoms in total. The van der Waals surface area contributed by atoms with Gasteiger partial charge in [0.25, 0.3) is 6.43 Å². The molecule has 0 amide bonds. The highest BCUT2D eigenvalue weighted by Crippen LogP contribution is 2.31. The van der Waals surface area contributed by atoms with Crippen molar-refractivity contribution < 1.29 is 13.5 Å². The van der Waals surface area contributed by atoms with E-state index in [9.17, 15) is 8.78 Å². The van der Waals surface area contributed by atoms with Gasteiger partial charge >= 0.3 is 0 Å². The fourth-order valence-corrected chi connectivity index (χ4v) is 5.36. The fraction of sp³-hybridized carbons (Fsp3) is 0.577. The van der Waals surface area contributed by atoms with Crippen molar-refractivity contribution in [3.8, 4) is 5.82 Å². The van der Waals surface area contributed by atoms with Crippen molar-refractivity contribution in [3.05, 3.63) is 36.2 Å². The van der Waals surface area contributed by atoms with E-state index in [-0.39, 0.29) is 11.9 Å². The van der Waals surface area contributed by atoms with Crippen LogP contribution in [0.15, 0.2) is 30.3 Å². The quantitative estimate of drug-likeness (QED) is 0.513. The third kappa shape index (κ3) is 5.15. The Hall–Kier alpha value is -2.85. The second-order valence-electron chi connectivity index (χ2n) is 10.1. The summed E-state index contributed by atoms with van der Waals surface area (Å²) < 4.78 is 35.2. The van der Waals surface area contributed by atoms with Crippen molar-refractivity contribution in [1.29, 1.82) is 0 Å². The minimum Gasteiger partial charge on any atom is -0.377 e. The van der Waals surface area contributed by atoms with E-state index >= 15 is 0 Å². The SMILES string of the molecule is C[C@@H]1COCCN1c1cc(-n2c(C(F)F)nc3ccccc32)nc(NCC2CCC(N(C)C)CC2)n1. The largest absolute Gasteiger partial charge is 0.377 e. The lowest BCUT2D eigenvalue weighted by Gasteiger charge is -2.34. The number of imidazole rings is 1. The molecule has 2 aromatic heterocycles. The van der Waals surface area contributed by atoms with Gasteiger partial charge in [-0.25, -0.2) is 13.8 Å². The van der Waals surface area contributed by atoms with Crippen molar-refractivity contribution in [3.63, 3.8) is 0 Å². The Kier molecular flexibility index (Phi) is 7.34. The normalized spacial score (nSPS) is 23.1. The third-order valence-electron chi connectivity index (χ3n) is 7.47. The summed E-state index contributed by atoms with van der Waals surface area (Å²) in [5, 5.41) is 3.44. The van der Waals surface area contributed by atoms with Gasteiger partial charge in [-0.1, -0.05) is 12.1 Å². The van der Waals surface area contributed by atoms with E-state index in [0.717, 1.165) is 19.4 Å². The zero-order valence-corrected chi connectivity index (χ0v) is 21.2. The molecular weight excluding hydrogens is 464 g/mol. The molecule has 194 valence electrons. The van der Waals surface area contributed by atoms with Crippen LogP contribution in [0, 0.1) is 5.92 Å². The first-order valence-corrected chi connectivity index (χ1v) is 12.8. The minimum atomic E-state index is -2.73. The number of nitrogens with zero attached hydrogens (tertiary/aromatic N) is 6. The molecule has 1 N–H and O–H groups in total. The Bertz CT molecular complexity index is 1180. The third-order valence-corrected chi connectivity index (χ3v) is 7.47. The highest BCUT2D eigenvalue weighted by atomic mass is 19.3. The van der Waals surface area contributed by atoms with E-state index in [1.807, 2.05) is 6.07 Å². The second-order valence-corrected chi connectivity index (χ2v) is 10.1. The van der Waals surface area contributed by atoms with Crippen LogP contribution in [0.4, 0.5) is 20.5 Å². The number of anilines is 2. The molecule has 1 aromatic carbocycles. The Morgan fingerprint density at radius 1 is 1.08 bits per heavy atom. The van der Waals surface area contributed by atoms with Gasteiger partial charge in [-0.2, -0.15) is 9.97 Å². The number of fused-ring (bicyclic) bond motifs is 1. The Morgan fingerprint density at radius 2 is 1.83 bits per heavy atom. The monoisotopic (exact) mass is 499 g/mol. The van der Waals surface area contributed by atoms with Crippen molar-refractivity contribution in [2.24, 2.45) is 5.92 Å². The maximum absolute atomic E-state index is 14.1. The van der Waals surface area contributed by atoms with Gasteiger partial charge in [-0.3, -0.25) is 4.57 Å². The molecule has 0 bridgehead atoms. The number of morpholine rings is 1. The topological polar surface area (TPSA) is 71.3 Å². The molecule has 1 atom stereocenters. The number of rotatable bonds is 7. The van der Waals surface area contributed by atoms with Gasteiger partial charge in [0.2, 0.25) is 5.95 Å². The lowest BCUT2D eigenvalue weighted by molar-refractivity contribution is 0.0985. The molecule has 2 fully saturated rings. The Morgan fingerprint density at radius 3 is 2.56 bits per heavy atom. The number of aromatic nitrogens is 4. The number of ether oxygens (including phenoxy) is 1. The summed E-state index contributed by atoms with van der Waals surface area (Å²) in [4.78, 5) is 18.2. The number of hydrogen-bond donors (Lipinski definition) is 1. The predicted molar refractivity (Wildman–Crippen MR) is 137 cm³/mol. The molecule has 0 unspecified atom stereocenters. The van der Waals surface area contributed by atoms with Gasteiger partial charge in [0.05, 0.1) is 30.3 Å². The first-order chi connectivity index (χ1) is 17.4. The molecular formula is C26H35F2N7O. The van der Waals surface area contributed by atoms with Crippen LogP contribution in [0.3, 0.4) is 0 Å². The molecule has 10 heteroatoms. The molecule has 5 rings (SSSR count). The predicted octanol–water partition coefficient (Wildman–Crippen LogP) is 4.51. The first kappa shape index (κ1) is 24.8. The molecule has 3 aromatic rings. The van der Waals surface area contributed by atoms with Crippen molar-refractivity contribution in [2.75, 3.05) is 50.6 Å². The number of hydrogen-bond acceptors (Lipinski definition) is 7. The highest BCUT2D eigenvalue weighted by molar-refractivity contribution is 5.78. The van der Waals surface area contributed by atoms with Crippen LogP contribution in [-0.2, 0) is 4.74 Å². The number of halogens is 2. The van der Waals surface area contributed by atoms with Crippen LogP contribution < -0.4 is 10.2 Å². The van der Waals surface area contributed by atoms with Gasteiger partial charge in [0.15, 0.2) is 5.82 Å². The van der Waals surface area contributed by atoms with E-state index in [2.05, 4.69) is 41.1 Å². The van der Waals surface area contributed by atoms with Crippen LogP contribution in [-0.4, -0.2) is 76.9 Å². The van der Waals surface area contributed by atoms with Crippen LogP contribution in [0.2, 0.25) is 0 Å². The summed E-state index contributed by atoms with van der Waals surface area (Å²) in [7, 11) is 4.29. The molecule has 2 aliphatic rings. The van der Waals surface area contributed by atoms with Crippen LogP contribution in [0.25, 0.3) is 16.9 Å². The van der Waals surface area contributed by atoms with Gasteiger partial charge in [0.1, 0.15) is 11.6 Å². The molecule has 1 saturated heterocycles. The number of nitrogens with one attached hydrogen (secondary N) is 1. The number of para-hydroxylation sites is 2. The van der Waals surface area contributed by atoms with Gasteiger partial charge in [-0.05, 0) is 64.8 Å². The zero-order valence-electron chi connectivity index (χ0n) is 21.2. The van der Waals surface area contributed by atoms with Crippen LogP contribution in [0.1, 0.15) is 44.9 Å². The van der Waals surface area contributed by atoms with Crippen molar-refractivity contribution in [1.82, 2.24) is 24.4 Å². The van der Waals surface area contributed by atoms with E-state index < -0.39 is 6.43 Å². The standard InChI is InChI=1S/C26H35F2N7O/c1-17-16-36-13-12-34(17)22-14-23(35-21-7-5-4-6-20(21)30-25(35)24(27)28)32-26(31-22)29-15-18-8-10-19(11-9-18)33(2)3/h4-7,14,17-19,24H,8-13,15-16H2,1-3H3,(H,29,31,32)/t17-,18?,19?/m1/s1. The molecule has 0 radical (unpaired) electrons. The van der Waals surface area contributed by atoms with Crippen molar-refractivity contribution in [2.45, 2.75) is 51.1 Å². The average molecular weight is 500 g/mol. The lowest BCUT2D eigenvalue weighted by Crippen LogP contribution is -2.44. The number of benzene rings is 1. The van der Waals surface area contributed by atoms with Gasteiger partial charge in [0, 0.05) is 25.2 Å². The van der Waals surface area contributed by atoms with E-state index in [0.29, 0.717) is 60.3 Å². The first-order valence-electron chi connectivity index (χ1n) is 12.8. The van der Waals surface area contributed by atoms with Gasteiger partial charge in [-0.15, -0.1) is 0 Å². The average Bonchev–Trinajstić information content (AvgIpc) is 3.28. The second kappa shape index (κ2) is 10.6. The summed E-state index contributed by atoms with van der Waals surface area (Å²) in [6, 6.07) is 9.70. The summed E-state index contributed by atoms with van der Waals surface area (Å²) >= 11 is 0. The molecule has 36 heavy (non-hydrogen) atoms. The maximum Gasteiger partial charge on any atom is 0.296 e. The Labute approximate surface area is 210 Å². The number of alkyl halides is 2. The molecule has 1 aliphatic heterocycles. The molecule has 3 heterocycles. The fourth-order valence-electron chi connectivity index (χ4n) is 5.36. The Balaban J connectivity index is 1.48.